The fraction of sp³-hybridized carbons (Fsp3) is 0.250. The molecule has 1 aromatic heterocycles. The summed E-state index contributed by atoms with van der Waals surface area (Å²) in [6, 6.07) is 6.70. The van der Waals surface area contributed by atoms with Gasteiger partial charge in [-0.3, -0.25) is 4.68 Å². The van der Waals surface area contributed by atoms with E-state index in [0.29, 0.717) is 18.0 Å². The molecule has 84 valence electrons. The van der Waals surface area contributed by atoms with Gasteiger partial charge >= 0.3 is 0 Å². The second-order valence-electron chi connectivity index (χ2n) is 3.68. The summed E-state index contributed by atoms with van der Waals surface area (Å²) in [5.41, 5.74) is 2.51. The Bertz CT molecular complexity index is 494. The second kappa shape index (κ2) is 4.66. The quantitative estimate of drug-likeness (QED) is 0.752. The van der Waals surface area contributed by atoms with E-state index in [-0.39, 0.29) is 5.82 Å². The van der Waals surface area contributed by atoms with E-state index < -0.39 is 0 Å². The first-order valence-corrected chi connectivity index (χ1v) is 5.56. The predicted molar refractivity (Wildman–Crippen MR) is 62.0 cm³/mol. The molecule has 2 aromatic rings. The highest BCUT2D eigenvalue weighted by atomic mass is 35.5. The van der Waals surface area contributed by atoms with E-state index in [9.17, 15) is 4.39 Å². The first-order valence-electron chi connectivity index (χ1n) is 5.03. The van der Waals surface area contributed by atoms with Crippen LogP contribution in [0.3, 0.4) is 0 Å². The second-order valence-corrected chi connectivity index (χ2v) is 3.95. The van der Waals surface area contributed by atoms with Gasteiger partial charge in [0.2, 0.25) is 0 Å². The van der Waals surface area contributed by atoms with E-state index in [1.165, 1.54) is 6.07 Å². The van der Waals surface area contributed by atoms with Gasteiger partial charge in [-0.05, 0) is 18.6 Å². The summed E-state index contributed by atoms with van der Waals surface area (Å²) in [4.78, 5) is 0. The maximum absolute atomic E-state index is 13.4. The summed E-state index contributed by atoms with van der Waals surface area (Å²) in [6.07, 6.45) is 1.88. The van der Waals surface area contributed by atoms with Crippen molar-refractivity contribution in [3.63, 3.8) is 0 Å². The molecule has 0 aliphatic carbocycles. The third-order valence-electron chi connectivity index (χ3n) is 2.46. The maximum atomic E-state index is 13.4. The van der Waals surface area contributed by atoms with Crippen molar-refractivity contribution in [2.75, 3.05) is 0 Å². The van der Waals surface area contributed by atoms with Crippen LogP contribution in [0, 0.1) is 12.7 Å². The van der Waals surface area contributed by atoms with Gasteiger partial charge in [0, 0.05) is 11.8 Å². The predicted octanol–water partition coefficient (Wildman–Crippen LogP) is 3.12. The van der Waals surface area contributed by atoms with Crippen molar-refractivity contribution in [2.45, 2.75) is 19.3 Å². The molecule has 0 saturated heterocycles. The molecule has 1 heterocycles. The van der Waals surface area contributed by atoms with E-state index >= 15 is 0 Å². The van der Waals surface area contributed by atoms with E-state index in [1.807, 2.05) is 19.2 Å². The number of hydrogen-bond acceptors (Lipinski definition) is 1. The molecule has 0 radical (unpaired) electrons. The van der Waals surface area contributed by atoms with Crippen molar-refractivity contribution in [1.29, 1.82) is 0 Å². The minimum absolute atomic E-state index is 0.205. The summed E-state index contributed by atoms with van der Waals surface area (Å²) >= 11 is 5.73. The van der Waals surface area contributed by atoms with Gasteiger partial charge < -0.3 is 0 Å². The molecule has 0 N–H and O–H groups in total. The first kappa shape index (κ1) is 11.1. The molecule has 0 bridgehead atoms. The zero-order valence-electron chi connectivity index (χ0n) is 8.95. The van der Waals surface area contributed by atoms with Crippen LogP contribution >= 0.6 is 11.6 Å². The molecule has 0 aliphatic heterocycles. The molecular formula is C12H12ClFN2. The molecule has 2 nitrogen and oxygen atoms in total. The fourth-order valence-corrected chi connectivity index (χ4v) is 1.84. The molecule has 0 amide bonds. The number of hydrogen-bond donors (Lipinski definition) is 0. The number of halogens is 2. The smallest absolute Gasteiger partial charge is 0.128 e. The van der Waals surface area contributed by atoms with Crippen molar-refractivity contribution in [3.8, 4) is 0 Å². The highest BCUT2D eigenvalue weighted by Crippen LogP contribution is 2.12. The van der Waals surface area contributed by atoms with Crippen LogP contribution in [0.4, 0.5) is 4.39 Å². The summed E-state index contributed by atoms with van der Waals surface area (Å²) < 4.78 is 15.1. The van der Waals surface area contributed by atoms with E-state index in [2.05, 4.69) is 5.10 Å². The standard InChI is InChI=1S/C12H12ClFN2/c1-9-7-16(15-12(9)6-13)8-10-4-2-3-5-11(10)14/h2-5,7H,6,8H2,1H3. The van der Waals surface area contributed by atoms with Crippen LogP contribution in [0.25, 0.3) is 0 Å². The van der Waals surface area contributed by atoms with Crippen LogP contribution in [0.2, 0.25) is 0 Å². The normalized spacial score (nSPS) is 10.7. The van der Waals surface area contributed by atoms with E-state index in [1.54, 1.807) is 16.8 Å². The van der Waals surface area contributed by atoms with Crippen molar-refractivity contribution < 1.29 is 4.39 Å². The highest BCUT2D eigenvalue weighted by Gasteiger charge is 2.06. The van der Waals surface area contributed by atoms with Gasteiger partial charge in [0.25, 0.3) is 0 Å². The number of nitrogens with zero attached hydrogens (tertiary/aromatic N) is 2. The van der Waals surface area contributed by atoms with Crippen LogP contribution in [0.5, 0.6) is 0 Å². The lowest BCUT2D eigenvalue weighted by Gasteiger charge is -2.02. The number of alkyl halides is 1. The zero-order valence-corrected chi connectivity index (χ0v) is 9.71. The summed E-state index contributed by atoms with van der Waals surface area (Å²) in [5, 5.41) is 4.28. The Balaban J connectivity index is 2.24. The van der Waals surface area contributed by atoms with Gasteiger partial charge in [0.15, 0.2) is 0 Å². The molecular weight excluding hydrogens is 227 g/mol. The van der Waals surface area contributed by atoms with Gasteiger partial charge in [-0.2, -0.15) is 5.10 Å². The van der Waals surface area contributed by atoms with Gasteiger partial charge in [0.1, 0.15) is 5.82 Å². The molecule has 16 heavy (non-hydrogen) atoms. The molecule has 2 rings (SSSR count). The number of aryl methyl sites for hydroxylation is 1. The molecule has 0 saturated carbocycles. The Morgan fingerprint density at radius 2 is 2.12 bits per heavy atom. The van der Waals surface area contributed by atoms with Gasteiger partial charge in [0.05, 0.1) is 18.1 Å². The van der Waals surface area contributed by atoms with Crippen molar-refractivity contribution in [1.82, 2.24) is 9.78 Å². The largest absolute Gasteiger partial charge is 0.268 e. The molecule has 0 spiro atoms. The first-order chi connectivity index (χ1) is 7.70. The van der Waals surface area contributed by atoms with E-state index in [0.717, 1.165) is 11.3 Å². The third kappa shape index (κ3) is 2.25. The molecule has 0 atom stereocenters. The van der Waals surface area contributed by atoms with Crippen molar-refractivity contribution >= 4 is 11.6 Å². The minimum Gasteiger partial charge on any atom is -0.268 e. The Labute approximate surface area is 98.7 Å². The number of rotatable bonds is 3. The van der Waals surface area contributed by atoms with Crippen LogP contribution in [0.15, 0.2) is 30.5 Å². The fourth-order valence-electron chi connectivity index (χ4n) is 1.58. The Hall–Kier alpha value is -1.35. The van der Waals surface area contributed by atoms with Crippen LogP contribution in [-0.4, -0.2) is 9.78 Å². The number of aromatic nitrogens is 2. The maximum Gasteiger partial charge on any atom is 0.128 e. The van der Waals surface area contributed by atoms with Crippen LogP contribution < -0.4 is 0 Å². The summed E-state index contributed by atoms with van der Waals surface area (Å²) in [6.45, 7) is 2.38. The van der Waals surface area contributed by atoms with Crippen molar-refractivity contribution in [3.05, 3.63) is 53.1 Å². The Morgan fingerprint density at radius 3 is 2.75 bits per heavy atom. The minimum atomic E-state index is -0.205. The Kier molecular flexibility index (Phi) is 3.25. The molecule has 0 fully saturated rings. The monoisotopic (exact) mass is 238 g/mol. The van der Waals surface area contributed by atoms with Crippen molar-refractivity contribution in [2.24, 2.45) is 0 Å². The zero-order chi connectivity index (χ0) is 11.5. The van der Waals surface area contributed by atoms with E-state index in [4.69, 9.17) is 11.6 Å². The lowest BCUT2D eigenvalue weighted by Crippen LogP contribution is -2.02. The van der Waals surface area contributed by atoms with Gasteiger partial charge in [-0.25, -0.2) is 4.39 Å². The van der Waals surface area contributed by atoms with Crippen LogP contribution in [-0.2, 0) is 12.4 Å². The molecule has 0 unspecified atom stereocenters. The molecule has 4 heteroatoms. The lowest BCUT2D eigenvalue weighted by atomic mass is 10.2. The summed E-state index contributed by atoms with van der Waals surface area (Å²) in [7, 11) is 0. The topological polar surface area (TPSA) is 17.8 Å². The molecule has 0 aliphatic rings. The third-order valence-corrected chi connectivity index (χ3v) is 2.72. The van der Waals surface area contributed by atoms with Gasteiger partial charge in [-0.15, -0.1) is 11.6 Å². The Morgan fingerprint density at radius 1 is 1.38 bits per heavy atom. The average molecular weight is 239 g/mol. The number of benzene rings is 1. The summed E-state index contributed by atoms with van der Waals surface area (Å²) in [5.74, 6) is 0.180. The lowest BCUT2D eigenvalue weighted by molar-refractivity contribution is 0.583. The molecule has 1 aromatic carbocycles. The van der Waals surface area contributed by atoms with Crippen LogP contribution in [0.1, 0.15) is 16.8 Å². The SMILES string of the molecule is Cc1cn(Cc2ccccc2F)nc1CCl. The van der Waals surface area contributed by atoms with Gasteiger partial charge in [-0.1, -0.05) is 18.2 Å². The highest BCUT2D eigenvalue weighted by molar-refractivity contribution is 6.16. The average Bonchev–Trinajstić information content (AvgIpc) is 2.62.